The molecule has 0 bridgehead atoms. The summed E-state index contributed by atoms with van der Waals surface area (Å²) in [6.45, 7) is 6.86. The Morgan fingerprint density at radius 1 is 1.07 bits per heavy atom. The highest BCUT2D eigenvalue weighted by atomic mass is 19.1. The van der Waals surface area contributed by atoms with E-state index in [1.807, 2.05) is 30.3 Å². The summed E-state index contributed by atoms with van der Waals surface area (Å²) in [4.78, 5) is 17.2. The van der Waals surface area contributed by atoms with E-state index in [1.54, 1.807) is 24.1 Å². The van der Waals surface area contributed by atoms with Gasteiger partial charge in [-0.25, -0.2) is 4.39 Å². The van der Waals surface area contributed by atoms with Gasteiger partial charge in [-0.3, -0.25) is 9.69 Å². The molecule has 2 atom stereocenters. The van der Waals surface area contributed by atoms with Crippen molar-refractivity contribution in [3.05, 3.63) is 59.9 Å². The number of ether oxygens (including phenoxy) is 1. The summed E-state index contributed by atoms with van der Waals surface area (Å²) in [6.07, 6.45) is 0. The van der Waals surface area contributed by atoms with Crippen LogP contribution < -0.4 is 0 Å². The van der Waals surface area contributed by atoms with E-state index in [2.05, 4.69) is 18.7 Å². The van der Waals surface area contributed by atoms with E-state index in [4.69, 9.17) is 4.74 Å². The average Bonchev–Trinajstić information content (AvgIpc) is 2.68. The molecule has 1 aliphatic heterocycles. The van der Waals surface area contributed by atoms with Crippen molar-refractivity contribution in [2.75, 3.05) is 33.4 Å². The van der Waals surface area contributed by atoms with E-state index < -0.39 is 5.82 Å². The van der Waals surface area contributed by atoms with Crippen molar-refractivity contribution in [3.8, 4) is 11.1 Å². The van der Waals surface area contributed by atoms with Gasteiger partial charge >= 0.3 is 0 Å². The van der Waals surface area contributed by atoms with Gasteiger partial charge < -0.3 is 9.64 Å². The van der Waals surface area contributed by atoms with Crippen LogP contribution in [0.1, 0.15) is 24.2 Å². The molecule has 5 heteroatoms. The van der Waals surface area contributed by atoms with Gasteiger partial charge in [0, 0.05) is 38.8 Å². The normalized spacial score (nSPS) is 20.7. The zero-order valence-corrected chi connectivity index (χ0v) is 16.2. The number of rotatable bonds is 5. The van der Waals surface area contributed by atoms with Crippen molar-refractivity contribution >= 4 is 5.91 Å². The Kier molecular flexibility index (Phi) is 6.24. The van der Waals surface area contributed by atoms with Crippen molar-refractivity contribution in [1.29, 1.82) is 0 Å². The third-order valence-corrected chi connectivity index (χ3v) is 5.25. The lowest BCUT2D eigenvalue weighted by molar-refractivity contribution is 0.0191. The highest BCUT2D eigenvalue weighted by Crippen LogP contribution is 2.24. The van der Waals surface area contributed by atoms with E-state index >= 15 is 0 Å². The molecular weight excluding hydrogens is 343 g/mol. The SMILES string of the molecule is COCCN1C(C)CN(C(=O)c2cc(-c3ccccc3)ccc2F)CC1C. The van der Waals surface area contributed by atoms with E-state index in [-0.39, 0.29) is 23.6 Å². The molecular formula is C22H27FN2O2. The smallest absolute Gasteiger partial charge is 0.256 e. The fourth-order valence-electron chi connectivity index (χ4n) is 3.83. The highest BCUT2D eigenvalue weighted by molar-refractivity contribution is 5.96. The van der Waals surface area contributed by atoms with Crippen molar-refractivity contribution in [2.24, 2.45) is 0 Å². The molecule has 27 heavy (non-hydrogen) atoms. The Morgan fingerprint density at radius 3 is 2.37 bits per heavy atom. The molecule has 1 fully saturated rings. The second-order valence-electron chi connectivity index (χ2n) is 7.20. The lowest BCUT2D eigenvalue weighted by Gasteiger charge is -2.44. The van der Waals surface area contributed by atoms with Gasteiger partial charge in [-0.15, -0.1) is 0 Å². The van der Waals surface area contributed by atoms with Crippen LogP contribution in [0.3, 0.4) is 0 Å². The first-order valence-corrected chi connectivity index (χ1v) is 9.40. The molecule has 0 aliphatic carbocycles. The number of benzene rings is 2. The summed E-state index contributed by atoms with van der Waals surface area (Å²) in [5.74, 6) is -0.711. The van der Waals surface area contributed by atoms with E-state index in [9.17, 15) is 9.18 Å². The van der Waals surface area contributed by atoms with Gasteiger partial charge in [-0.1, -0.05) is 36.4 Å². The first-order valence-electron chi connectivity index (χ1n) is 9.40. The third-order valence-electron chi connectivity index (χ3n) is 5.25. The molecule has 0 spiro atoms. The van der Waals surface area contributed by atoms with Crippen LogP contribution in [0, 0.1) is 5.82 Å². The molecule has 3 rings (SSSR count). The Bertz CT molecular complexity index is 769. The lowest BCUT2D eigenvalue weighted by atomic mass is 10.0. The Hall–Kier alpha value is -2.24. The molecule has 0 radical (unpaired) electrons. The van der Waals surface area contributed by atoms with Gasteiger partial charge in [0.1, 0.15) is 5.82 Å². The van der Waals surface area contributed by atoms with Crippen molar-refractivity contribution < 1.29 is 13.9 Å². The van der Waals surface area contributed by atoms with Gasteiger partial charge in [0.15, 0.2) is 0 Å². The number of hydrogen-bond donors (Lipinski definition) is 0. The standard InChI is InChI=1S/C22H27FN2O2/c1-16-14-24(15-17(2)25(16)11-12-27-3)22(26)20-13-19(9-10-21(20)23)18-7-5-4-6-8-18/h4-10,13,16-17H,11-12,14-15H2,1-3H3. The van der Waals surface area contributed by atoms with Crippen LogP contribution in [0.2, 0.25) is 0 Å². The maximum Gasteiger partial charge on any atom is 0.256 e. The summed E-state index contributed by atoms with van der Waals surface area (Å²) in [7, 11) is 1.69. The first-order chi connectivity index (χ1) is 13.0. The zero-order valence-electron chi connectivity index (χ0n) is 16.2. The topological polar surface area (TPSA) is 32.8 Å². The third kappa shape index (κ3) is 4.37. The molecule has 0 saturated carbocycles. The van der Waals surface area contributed by atoms with Crippen LogP contribution in [-0.2, 0) is 4.74 Å². The molecule has 2 unspecified atom stereocenters. The summed E-state index contributed by atoms with van der Waals surface area (Å²) in [5, 5.41) is 0. The van der Waals surface area contributed by atoms with Gasteiger partial charge in [-0.2, -0.15) is 0 Å². The quantitative estimate of drug-likeness (QED) is 0.805. The van der Waals surface area contributed by atoms with Crippen LogP contribution in [0.15, 0.2) is 48.5 Å². The number of hydrogen-bond acceptors (Lipinski definition) is 3. The van der Waals surface area contributed by atoms with Gasteiger partial charge in [-0.05, 0) is 37.1 Å². The minimum atomic E-state index is -0.471. The zero-order chi connectivity index (χ0) is 19.4. The molecule has 144 valence electrons. The molecule has 1 amide bonds. The highest BCUT2D eigenvalue weighted by Gasteiger charge is 2.32. The number of piperazine rings is 1. The molecule has 0 N–H and O–H groups in total. The first kappa shape index (κ1) is 19.5. The monoisotopic (exact) mass is 370 g/mol. The molecule has 1 saturated heterocycles. The molecule has 4 nitrogen and oxygen atoms in total. The molecule has 0 aromatic heterocycles. The number of nitrogens with zero attached hydrogens (tertiary/aromatic N) is 2. The predicted octanol–water partition coefficient (Wildman–Crippen LogP) is 3.67. The number of carbonyl (C=O) groups is 1. The molecule has 1 aliphatic rings. The summed E-state index contributed by atoms with van der Waals surface area (Å²) in [6, 6.07) is 14.9. The number of carbonyl (C=O) groups excluding carboxylic acids is 1. The van der Waals surface area contributed by atoms with Crippen LogP contribution in [-0.4, -0.2) is 61.1 Å². The van der Waals surface area contributed by atoms with Crippen LogP contribution in [0.4, 0.5) is 4.39 Å². The second-order valence-corrected chi connectivity index (χ2v) is 7.20. The van der Waals surface area contributed by atoms with E-state index in [0.29, 0.717) is 19.7 Å². The van der Waals surface area contributed by atoms with Crippen molar-refractivity contribution in [1.82, 2.24) is 9.80 Å². The van der Waals surface area contributed by atoms with Crippen LogP contribution in [0.5, 0.6) is 0 Å². The lowest BCUT2D eigenvalue weighted by Crippen LogP contribution is -2.58. The predicted molar refractivity (Wildman–Crippen MR) is 105 cm³/mol. The minimum Gasteiger partial charge on any atom is -0.383 e. The minimum absolute atomic E-state index is 0.140. The van der Waals surface area contributed by atoms with Gasteiger partial charge in [0.05, 0.1) is 12.2 Å². The second kappa shape index (κ2) is 8.63. The van der Waals surface area contributed by atoms with E-state index in [1.165, 1.54) is 6.07 Å². The largest absolute Gasteiger partial charge is 0.383 e. The van der Waals surface area contributed by atoms with Gasteiger partial charge in [0.25, 0.3) is 5.91 Å². The summed E-state index contributed by atoms with van der Waals surface area (Å²) >= 11 is 0. The Morgan fingerprint density at radius 2 is 1.74 bits per heavy atom. The Labute approximate surface area is 160 Å². The fourth-order valence-corrected chi connectivity index (χ4v) is 3.83. The van der Waals surface area contributed by atoms with Crippen LogP contribution >= 0.6 is 0 Å². The Balaban J connectivity index is 1.80. The maximum atomic E-state index is 14.5. The van der Waals surface area contributed by atoms with Crippen LogP contribution in [0.25, 0.3) is 11.1 Å². The molecule has 1 heterocycles. The molecule has 2 aromatic rings. The summed E-state index contributed by atoms with van der Waals surface area (Å²) < 4.78 is 19.6. The fraction of sp³-hybridized carbons (Fsp3) is 0.409. The van der Waals surface area contributed by atoms with Crippen molar-refractivity contribution in [3.63, 3.8) is 0 Å². The van der Waals surface area contributed by atoms with Crippen molar-refractivity contribution in [2.45, 2.75) is 25.9 Å². The summed E-state index contributed by atoms with van der Waals surface area (Å²) in [5.41, 5.74) is 1.96. The van der Waals surface area contributed by atoms with Gasteiger partial charge in [0.2, 0.25) is 0 Å². The maximum absolute atomic E-state index is 14.5. The number of methoxy groups -OCH3 is 1. The number of halogens is 1. The van der Waals surface area contributed by atoms with E-state index in [0.717, 1.165) is 17.7 Å². The number of amides is 1. The molecule has 2 aromatic carbocycles. The average molecular weight is 370 g/mol.